The molecule has 4 fully saturated rings. The number of ether oxygens (including phenoxy) is 4. The van der Waals surface area contributed by atoms with E-state index in [1.807, 2.05) is 13.2 Å². The Kier molecular flexibility index (Phi) is 5.32. The minimum absolute atomic E-state index is 0.245. The maximum Gasteiger partial charge on any atom is 0.115 e. The van der Waals surface area contributed by atoms with Gasteiger partial charge >= 0.3 is 0 Å². The fourth-order valence-electron chi connectivity index (χ4n) is 4.01. The molecular weight excluding hydrogens is 392 g/mol. The van der Waals surface area contributed by atoms with Gasteiger partial charge in [-0.05, 0) is 41.8 Å². The van der Waals surface area contributed by atoms with Crippen LogP contribution in [0.25, 0.3) is 0 Å². The van der Waals surface area contributed by atoms with E-state index in [0.717, 1.165) is 45.8 Å². The molecule has 6 nitrogen and oxygen atoms in total. The second-order valence-corrected chi connectivity index (χ2v) is 8.85. The molecule has 4 saturated heterocycles. The highest BCUT2D eigenvalue weighted by molar-refractivity contribution is 5.51. The monoisotopic (exact) mass is 420 g/mol. The quantitative estimate of drug-likeness (QED) is 0.492. The van der Waals surface area contributed by atoms with Gasteiger partial charge in [-0.1, -0.05) is 24.3 Å². The first-order valence-electron chi connectivity index (χ1n) is 11.2. The summed E-state index contributed by atoms with van der Waals surface area (Å²) in [5.74, 6) is 0. The minimum atomic E-state index is 0.245. The van der Waals surface area contributed by atoms with E-state index in [1.165, 1.54) is 22.5 Å². The summed E-state index contributed by atoms with van der Waals surface area (Å²) in [5.41, 5.74) is 5.10. The summed E-state index contributed by atoms with van der Waals surface area (Å²) < 4.78 is 21.5. The Morgan fingerprint density at radius 3 is 1.35 bits per heavy atom. The Morgan fingerprint density at radius 2 is 1.00 bits per heavy atom. The molecular formula is C25H28N2O4. The van der Waals surface area contributed by atoms with Crippen molar-refractivity contribution in [3.05, 3.63) is 72.9 Å². The first-order chi connectivity index (χ1) is 15.3. The normalized spacial score (nSPS) is 27.6. The highest BCUT2D eigenvalue weighted by Crippen LogP contribution is 2.27. The van der Waals surface area contributed by atoms with Gasteiger partial charge in [-0.15, -0.1) is 0 Å². The molecule has 31 heavy (non-hydrogen) atoms. The van der Waals surface area contributed by atoms with Crippen molar-refractivity contribution in [3.63, 3.8) is 0 Å². The van der Waals surface area contributed by atoms with Crippen molar-refractivity contribution in [1.29, 1.82) is 0 Å². The molecule has 0 saturated carbocycles. The van der Waals surface area contributed by atoms with Crippen molar-refractivity contribution in [1.82, 2.24) is 0 Å². The van der Waals surface area contributed by atoms with Crippen molar-refractivity contribution in [2.45, 2.75) is 30.8 Å². The number of hydrogen-bond donors (Lipinski definition) is 0. The van der Waals surface area contributed by atoms with Gasteiger partial charge < -0.3 is 28.7 Å². The Balaban J connectivity index is 1.08. The number of epoxide rings is 4. The van der Waals surface area contributed by atoms with Crippen LogP contribution in [0.5, 0.6) is 0 Å². The largest absolute Gasteiger partial charge is 0.371 e. The van der Waals surface area contributed by atoms with Crippen LogP contribution >= 0.6 is 0 Å². The summed E-state index contributed by atoms with van der Waals surface area (Å²) in [5, 5.41) is 0. The van der Waals surface area contributed by atoms with Crippen LogP contribution < -0.4 is 9.80 Å². The standard InChI is InChI=1S/C25H28N2O4/c1-5-20(26(10-22-14-28-22)11-23-15-29-23)6-2-18(1)9-19-3-7-21(8-4-19)27(12-24-16-30-24)13-25-17-31-25/h1-8,14-15,22-25H,9-13,16-17H2. The zero-order valence-electron chi connectivity index (χ0n) is 17.6. The van der Waals surface area contributed by atoms with Gasteiger partial charge in [0, 0.05) is 37.6 Å². The molecule has 0 aliphatic carbocycles. The van der Waals surface area contributed by atoms with Crippen LogP contribution in [0.4, 0.5) is 11.4 Å². The Morgan fingerprint density at radius 1 is 0.613 bits per heavy atom. The molecule has 6 rings (SSSR count). The van der Waals surface area contributed by atoms with Crippen LogP contribution in [0.3, 0.4) is 0 Å². The first-order valence-corrected chi connectivity index (χ1v) is 11.2. The average Bonchev–Trinajstić information content (AvgIpc) is 3.63. The molecule has 4 aliphatic heterocycles. The lowest BCUT2D eigenvalue weighted by Crippen LogP contribution is -2.31. The van der Waals surface area contributed by atoms with E-state index in [1.54, 1.807) is 0 Å². The van der Waals surface area contributed by atoms with Crippen LogP contribution in [0.15, 0.2) is 48.5 Å². The van der Waals surface area contributed by atoms with Crippen LogP contribution in [-0.4, -0.2) is 63.8 Å². The van der Waals surface area contributed by atoms with Crippen molar-refractivity contribution >= 4 is 11.4 Å². The second-order valence-electron chi connectivity index (χ2n) is 8.85. The fraction of sp³-hybridized carbons (Fsp3) is 0.440. The van der Waals surface area contributed by atoms with E-state index in [2.05, 4.69) is 58.3 Å². The minimum Gasteiger partial charge on any atom is -0.371 e. The topological polar surface area (TPSA) is 56.6 Å². The first kappa shape index (κ1) is 19.6. The Hall–Kier alpha value is -2.12. The molecule has 2 aromatic rings. The molecule has 4 unspecified atom stereocenters. The Bertz CT molecular complexity index is 770. The molecule has 162 valence electrons. The van der Waals surface area contributed by atoms with E-state index >= 15 is 0 Å². The smallest absolute Gasteiger partial charge is 0.115 e. The van der Waals surface area contributed by atoms with Crippen LogP contribution in [0, 0.1) is 13.2 Å². The van der Waals surface area contributed by atoms with Crippen molar-refractivity contribution < 1.29 is 18.9 Å². The number of rotatable bonds is 12. The molecule has 4 heterocycles. The lowest BCUT2D eigenvalue weighted by atomic mass is 10.0. The van der Waals surface area contributed by atoms with Gasteiger partial charge in [-0.25, -0.2) is 0 Å². The van der Waals surface area contributed by atoms with Gasteiger partial charge in [0.05, 0.1) is 25.4 Å². The van der Waals surface area contributed by atoms with Crippen LogP contribution in [-0.2, 0) is 25.4 Å². The summed E-state index contributed by atoms with van der Waals surface area (Å²) in [6.07, 6.45) is 2.18. The zero-order chi connectivity index (χ0) is 20.6. The van der Waals surface area contributed by atoms with Crippen molar-refractivity contribution in [2.75, 3.05) is 49.2 Å². The van der Waals surface area contributed by atoms with E-state index in [9.17, 15) is 0 Å². The van der Waals surface area contributed by atoms with Gasteiger partial charge in [-0.2, -0.15) is 0 Å². The van der Waals surface area contributed by atoms with E-state index in [-0.39, 0.29) is 12.2 Å². The predicted octanol–water partition coefficient (Wildman–Crippen LogP) is 2.81. The van der Waals surface area contributed by atoms with Crippen LogP contribution in [0.1, 0.15) is 11.1 Å². The Labute approximate surface area is 183 Å². The molecule has 0 N–H and O–H groups in total. The van der Waals surface area contributed by atoms with E-state index in [4.69, 9.17) is 18.9 Å². The highest BCUT2D eigenvalue weighted by Gasteiger charge is 2.32. The van der Waals surface area contributed by atoms with Gasteiger partial charge in [0.15, 0.2) is 0 Å². The molecule has 4 aliphatic rings. The molecule has 0 amide bonds. The maximum atomic E-state index is 5.44. The van der Waals surface area contributed by atoms with E-state index < -0.39 is 0 Å². The molecule has 6 heteroatoms. The third kappa shape index (κ3) is 5.57. The predicted molar refractivity (Wildman–Crippen MR) is 118 cm³/mol. The van der Waals surface area contributed by atoms with Crippen molar-refractivity contribution in [2.24, 2.45) is 0 Å². The second kappa shape index (κ2) is 8.43. The molecule has 0 aromatic heterocycles. The lowest BCUT2D eigenvalue weighted by Gasteiger charge is -2.24. The highest BCUT2D eigenvalue weighted by atomic mass is 16.6. The average molecular weight is 421 g/mol. The third-order valence-corrected chi connectivity index (χ3v) is 6.12. The molecule has 2 aromatic carbocycles. The van der Waals surface area contributed by atoms with Gasteiger partial charge in [0.1, 0.15) is 25.4 Å². The molecule has 0 bridgehead atoms. The lowest BCUT2D eigenvalue weighted by molar-refractivity contribution is 0.389. The molecule has 0 spiro atoms. The summed E-state index contributed by atoms with van der Waals surface area (Å²) in [6, 6.07) is 17.8. The summed E-state index contributed by atoms with van der Waals surface area (Å²) in [6.45, 7) is 9.19. The molecule has 4 atom stereocenters. The molecule has 2 radical (unpaired) electrons. The number of benzene rings is 2. The van der Waals surface area contributed by atoms with Gasteiger partial charge in [-0.3, -0.25) is 0 Å². The van der Waals surface area contributed by atoms with Crippen LogP contribution in [0.2, 0.25) is 0 Å². The maximum absolute atomic E-state index is 5.44. The summed E-state index contributed by atoms with van der Waals surface area (Å²) in [7, 11) is 0. The third-order valence-electron chi connectivity index (χ3n) is 6.12. The summed E-state index contributed by atoms with van der Waals surface area (Å²) in [4.78, 5) is 4.73. The number of anilines is 2. The van der Waals surface area contributed by atoms with Gasteiger partial charge in [0.2, 0.25) is 0 Å². The SMILES string of the molecule is [CH]1OC1CN(CC1[CH]O1)c1ccc(Cc2ccc(N(CC3CO3)CC3CO3)cc2)cc1. The fourth-order valence-corrected chi connectivity index (χ4v) is 4.01. The number of nitrogens with zero attached hydrogens (tertiary/aromatic N) is 2. The zero-order valence-corrected chi connectivity index (χ0v) is 17.6. The number of hydrogen-bond acceptors (Lipinski definition) is 6. The van der Waals surface area contributed by atoms with E-state index in [0.29, 0.717) is 12.2 Å². The van der Waals surface area contributed by atoms with Gasteiger partial charge in [0.25, 0.3) is 0 Å². The summed E-state index contributed by atoms with van der Waals surface area (Å²) >= 11 is 0. The van der Waals surface area contributed by atoms with Crippen molar-refractivity contribution in [3.8, 4) is 0 Å².